The van der Waals surface area contributed by atoms with E-state index >= 15 is 0 Å². The third kappa shape index (κ3) is 2.14. The van der Waals surface area contributed by atoms with Gasteiger partial charge in [0.2, 0.25) is 0 Å². The first kappa shape index (κ1) is 13.7. The molecule has 1 aromatic rings. The number of amides is 1. The number of halogens is 1. The van der Waals surface area contributed by atoms with Crippen LogP contribution in [-0.4, -0.2) is 38.2 Å². The Kier molecular flexibility index (Phi) is 3.93. The van der Waals surface area contributed by atoms with Crippen LogP contribution in [0.5, 0.6) is 5.75 Å². The molecule has 0 spiro atoms. The summed E-state index contributed by atoms with van der Waals surface area (Å²) in [6.07, 6.45) is 0. The summed E-state index contributed by atoms with van der Waals surface area (Å²) in [5.74, 6) is 0.183. The fraction of sp³-hybridized carbons (Fsp3) is 0.385. The number of nitrogens with zero attached hydrogens (tertiary/aromatic N) is 2. The zero-order valence-electron chi connectivity index (χ0n) is 10.6. The van der Waals surface area contributed by atoms with Crippen LogP contribution in [0, 0.1) is 11.3 Å². The Balaban J connectivity index is 2.52. The molecular weight excluding hydrogens is 268 g/mol. The van der Waals surface area contributed by atoms with E-state index in [-0.39, 0.29) is 5.91 Å². The van der Waals surface area contributed by atoms with Crippen molar-refractivity contribution in [1.82, 2.24) is 4.90 Å². The lowest BCUT2D eigenvalue weighted by atomic mass is 10.0. The molecule has 6 heteroatoms. The van der Waals surface area contributed by atoms with Gasteiger partial charge in [0.05, 0.1) is 25.3 Å². The van der Waals surface area contributed by atoms with Crippen LogP contribution in [0.15, 0.2) is 12.1 Å². The first-order valence-corrected chi connectivity index (χ1v) is 6.09. The molecule has 19 heavy (non-hydrogen) atoms. The second kappa shape index (κ2) is 5.47. The Morgan fingerprint density at radius 2 is 2.21 bits per heavy atom. The van der Waals surface area contributed by atoms with E-state index in [0.29, 0.717) is 35.1 Å². The minimum atomic E-state index is -0.694. The summed E-state index contributed by atoms with van der Waals surface area (Å²) in [5.41, 5.74) is 0.891. The highest BCUT2D eigenvalue weighted by Gasteiger charge is 2.40. The molecule has 1 aromatic carbocycles. The molecule has 5 nitrogen and oxygen atoms in total. The summed E-state index contributed by atoms with van der Waals surface area (Å²) in [6.45, 7) is 0.694. The second-order valence-corrected chi connectivity index (χ2v) is 4.47. The predicted molar refractivity (Wildman–Crippen MR) is 69.3 cm³/mol. The minimum Gasteiger partial charge on any atom is -0.496 e. The maximum Gasteiger partial charge on any atom is 0.259 e. The minimum absolute atomic E-state index is 0.252. The molecule has 1 aliphatic heterocycles. The molecule has 0 aliphatic carbocycles. The number of fused-ring (bicyclic) bond motifs is 1. The molecule has 0 fully saturated rings. The smallest absolute Gasteiger partial charge is 0.259 e. The topological polar surface area (TPSA) is 62.6 Å². The lowest BCUT2D eigenvalue weighted by molar-refractivity contribution is 0.0691. The molecule has 0 aromatic heterocycles. The standard InChI is InChI=1S/C13H13ClN2O3/c1-18-6-5-16-9(7-15)11-8(14)3-4-10(19-2)12(11)13(16)17/h3-4,9H,5-6H2,1-2H3. The summed E-state index contributed by atoms with van der Waals surface area (Å²) in [7, 11) is 3.03. The first-order valence-electron chi connectivity index (χ1n) is 5.71. The van der Waals surface area contributed by atoms with Crippen molar-refractivity contribution in [2.24, 2.45) is 0 Å². The average molecular weight is 281 g/mol. The van der Waals surface area contributed by atoms with Gasteiger partial charge >= 0.3 is 0 Å². The van der Waals surface area contributed by atoms with Crippen LogP contribution in [0.2, 0.25) is 5.02 Å². The summed E-state index contributed by atoms with van der Waals surface area (Å²) >= 11 is 6.12. The fourth-order valence-corrected chi connectivity index (χ4v) is 2.46. The van der Waals surface area contributed by atoms with Gasteiger partial charge in [-0.05, 0) is 12.1 Å². The third-order valence-electron chi connectivity index (χ3n) is 3.09. The van der Waals surface area contributed by atoms with E-state index in [2.05, 4.69) is 6.07 Å². The fourth-order valence-electron chi connectivity index (χ4n) is 2.20. The second-order valence-electron chi connectivity index (χ2n) is 4.06. The van der Waals surface area contributed by atoms with Gasteiger partial charge in [-0.1, -0.05) is 11.6 Å². The molecule has 1 amide bonds. The van der Waals surface area contributed by atoms with Crippen molar-refractivity contribution in [3.63, 3.8) is 0 Å². The van der Waals surface area contributed by atoms with E-state index in [1.165, 1.54) is 12.0 Å². The molecule has 2 rings (SSSR count). The van der Waals surface area contributed by atoms with Crippen molar-refractivity contribution >= 4 is 17.5 Å². The Morgan fingerprint density at radius 1 is 1.47 bits per heavy atom. The van der Waals surface area contributed by atoms with Gasteiger partial charge < -0.3 is 14.4 Å². The third-order valence-corrected chi connectivity index (χ3v) is 3.42. The lowest BCUT2D eigenvalue weighted by Gasteiger charge is -2.19. The van der Waals surface area contributed by atoms with Gasteiger partial charge in [-0.15, -0.1) is 0 Å². The molecule has 0 saturated heterocycles. The molecule has 0 bridgehead atoms. The summed E-state index contributed by atoms with van der Waals surface area (Å²) in [5, 5.41) is 9.70. The molecule has 100 valence electrons. The van der Waals surface area contributed by atoms with Crippen molar-refractivity contribution in [1.29, 1.82) is 5.26 Å². The van der Waals surface area contributed by atoms with Gasteiger partial charge in [-0.25, -0.2) is 0 Å². The van der Waals surface area contributed by atoms with Gasteiger partial charge in [0.1, 0.15) is 11.8 Å². The number of carbonyl (C=O) groups excluding carboxylic acids is 1. The quantitative estimate of drug-likeness (QED) is 0.846. The van der Waals surface area contributed by atoms with Gasteiger partial charge in [-0.3, -0.25) is 4.79 Å². The van der Waals surface area contributed by atoms with Crippen LogP contribution < -0.4 is 4.74 Å². The predicted octanol–water partition coefficient (Wildman–Crippen LogP) is 2.02. The average Bonchev–Trinajstić information content (AvgIpc) is 2.71. The summed E-state index contributed by atoms with van der Waals surface area (Å²) < 4.78 is 10.1. The number of ether oxygens (including phenoxy) is 2. The van der Waals surface area contributed by atoms with E-state index in [1.54, 1.807) is 19.2 Å². The van der Waals surface area contributed by atoms with Crippen molar-refractivity contribution in [3.05, 3.63) is 28.3 Å². The number of benzene rings is 1. The number of carbonyl (C=O) groups is 1. The monoisotopic (exact) mass is 280 g/mol. The van der Waals surface area contributed by atoms with Crippen molar-refractivity contribution in [2.75, 3.05) is 27.4 Å². The molecule has 1 unspecified atom stereocenters. The van der Waals surface area contributed by atoms with Crippen LogP contribution in [0.3, 0.4) is 0 Å². The zero-order valence-corrected chi connectivity index (χ0v) is 11.4. The lowest BCUT2D eigenvalue weighted by Crippen LogP contribution is -2.30. The van der Waals surface area contributed by atoms with Crippen LogP contribution in [0.1, 0.15) is 22.0 Å². The number of hydrogen-bond acceptors (Lipinski definition) is 4. The number of nitriles is 1. The largest absolute Gasteiger partial charge is 0.496 e. The van der Waals surface area contributed by atoms with E-state index in [1.807, 2.05) is 0 Å². The highest BCUT2D eigenvalue weighted by Crippen LogP contribution is 2.42. The Morgan fingerprint density at radius 3 is 2.79 bits per heavy atom. The molecule has 1 heterocycles. The Hall–Kier alpha value is -1.77. The van der Waals surface area contributed by atoms with Gasteiger partial charge in [-0.2, -0.15) is 5.26 Å². The van der Waals surface area contributed by atoms with Gasteiger partial charge in [0, 0.05) is 24.2 Å². The van der Waals surface area contributed by atoms with Crippen LogP contribution >= 0.6 is 11.6 Å². The maximum absolute atomic E-state index is 12.4. The van der Waals surface area contributed by atoms with Crippen LogP contribution in [0.25, 0.3) is 0 Å². The maximum atomic E-state index is 12.4. The van der Waals surface area contributed by atoms with E-state index < -0.39 is 6.04 Å². The summed E-state index contributed by atoms with van der Waals surface area (Å²) in [4.78, 5) is 13.8. The van der Waals surface area contributed by atoms with E-state index in [4.69, 9.17) is 21.1 Å². The van der Waals surface area contributed by atoms with E-state index in [9.17, 15) is 10.1 Å². The highest BCUT2D eigenvalue weighted by molar-refractivity contribution is 6.32. The molecule has 0 N–H and O–H groups in total. The van der Waals surface area contributed by atoms with Crippen LogP contribution in [0.4, 0.5) is 0 Å². The molecule has 0 radical (unpaired) electrons. The van der Waals surface area contributed by atoms with E-state index in [0.717, 1.165) is 0 Å². The Labute approximate surface area is 116 Å². The van der Waals surface area contributed by atoms with Crippen molar-refractivity contribution in [2.45, 2.75) is 6.04 Å². The summed E-state index contributed by atoms with van der Waals surface area (Å²) in [6, 6.07) is 4.68. The number of hydrogen-bond donors (Lipinski definition) is 0. The molecule has 1 aliphatic rings. The van der Waals surface area contributed by atoms with Gasteiger partial charge in [0.15, 0.2) is 0 Å². The molecule has 1 atom stereocenters. The first-order chi connectivity index (χ1) is 9.15. The van der Waals surface area contributed by atoms with Crippen LogP contribution in [-0.2, 0) is 4.74 Å². The number of methoxy groups -OCH3 is 2. The normalized spacial score (nSPS) is 17.3. The Bertz CT molecular complexity index is 554. The zero-order chi connectivity index (χ0) is 14.0. The molecular formula is C13H13ClN2O3. The molecule has 0 saturated carbocycles. The van der Waals surface area contributed by atoms with Gasteiger partial charge in [0.25, 0.3) is 5.91 Å². The number of rotatable bonds is 4. The van der Waals surface area contributed by atoms with Crippen molar-refractivity contribution in [3.8, 4) is 11.8 Å². The van der Waals surface area contributed by atoms with Crippen molar-refractivity contribution < 1.29 is 14.3 Å². The SMILES string of the molecule is COCCN1C(=O)c2c(OC)ccc(Cl)c2C1C#N. The highest BCUT2D eigenvalue weighted by atomic mass is 35.5.